The van der Waals surface area contributed by atoms with Crippen molar-refractivity contribution in [2.75, 3.05) is 6.26 Å². The quantitative estimate of drug-likeness (QED) is 0.788. The molecule has 0 aliphatic heterocycles. The van der Waals surface area contributed by atoms with Crippen molar-refractivity contribution in [1.29, 1.82) is 0 Å². The highest BCUT2D eigenvalue weighted by atomic mass is 32.2. The number of nitrogens with zero attached hydrogens (tertiary/aromatic N) is 1. The van der Waals surface area contributed by atoms with E-state index in [0.29, 0.717) is 22.2 Å². The van der Waals surface area contributed by atoms with E-state index in [9.17, 15) is 18.3 Å². The molecule has 122 valence electrons. The van der Waals surface area contributed by atoms with Crippen molar-refractivity contribution in [1.82, 2.24) is 4.98 Å². The molecule has 0 spiro atoms. The summed E-state index contributed by atoms with van der Waals surface area (Å²) in [5.74, 6) is -1.54. The van der Waals surface area contributed by atoms with Gasteiger partial charge < -0.3 is 5.11 Å². The van der Waals surface area contributed by atoms with Crippen LogP contribution in [0.2, 0.25) is 0 Å². The lowest BCUT2D eigenvalue weighted by Crippen LogP contribution is -2.12. The van der Waals surface area contributed by atoms with E-state index in [1.165, 1.54) is 0 Å². The Morgan fingerprint density at radius 2 is 1.67 bits per heavy atom. The van der Waals surface area contributed by atoms with Crippen molar-refractivity contribution in [2.24, 2.45) is 0 Å². The number of carboxylic acid groups (broad SMARTS) is 1. The summed E-state index contributed by atoms with van der Waals surface area (Å²) in [6, 6.07) is 15.9. The first kappa shape index (κ1) is 16.1. The number of aromatic carboxylic acids is 1. The van der Waals surface area contributed by atoms with Gasteiger partial charge in [-0.1, -0.05) is 48.5 Å². The summed E-state index contributed by atoms with van der Waals surface area (Å²) in [5.41, 5.74) is 1.80. The maximum absolute atomic E-state index is 11.9. The molecule has 3 aromatic rings. The minimum Gasteiger partial charge on any atom is -0.478 e. The molecule has 0 bridgehead atoms. The maximum atomic E-state index is 11.9. The summed E-state index contributed by atoms with van der Waals surface area (Å²) < 4.78 is 23.7. The Morgan fingerprint density at radius 1 is 1.04 bits per heavy atom. The molecule has 2 aromatic carbocycles. The number of pyridine rings is 1. The third-order valence-electron chi connectivity index (χ3n) is 3.66. The minimum atomic E-state index is -3.44. The second kappa shape index (κ2) is 6.05. The van der Waals surface area contributed by atoms with Gasteiger partial charge in [0.15, 0.2) is 9.84 Å². The summed E-state index contributed by atoms with van der Waals surface area (Å²) in [6.07, 6.45) is 1.09. The zero-order valence-corrected chi connectivity index (χ0v) is 13.7. The summed E-state index contributed by atoms with van der Waals surface area (Å²) in [5, 5.41) is 10.1. The number of hydrogen-bond donors (Lipinski definition) is 1. The molecule has 0 unspecified atom stereocenters. The average Bonchev–Trinajstić information content (AvgIpc) is 2.53. The van der Waals surface area contributed by atoms with Gasteiger partial charge in [0.05, 0.1) is 22.5 Å². The van der Waals surface area contributed by atoms with E-state index in [2.05, 4.69) is 4.98 Å². The molecule has 0 amide bonds. The monoisotopic (exact) mass is 341 g/mol. The van der Waals surface area contributed by atoms with Gasteiger partial charge >= 0.3 is 5.97 Å². The van der Waals surface area contributed by atoms with Crippen molar-refractivity contribution in [2.45, 2.75) is 5.75 Å². The molecular formula is C18H15NO4S. The molecule has 0 aliphatic rings. The number of benzene rings is 2. The lowest BCUT2D eigenvalue weighted by atomic mass is 9.98. The van der Waals surface area contributed by atoms with Crippen LogP contribution < -0.4 is 0 Å². The number of carboxylic acids is 1. The van der Waals surface area contributed by atoms with E-state index in [-0.39, 0.29) is 16.9 Å². The van der Waals surface area contributed by atoms with Gasteiger partial charge in [-0.3, -0.25) is 0 Å². The molecule has 1 aromatic heterocycles. The van der Waals surface area contributed by atoms with Crippen molar-refractivity contribution < 1.29 is 18.3 Å². The molecule has 24 heavy (non-hydrogen) atoms. The van der Waals surface area contributed by atoms with Crippen molar-refractivity contribution in [3.05, 3.63) is 65.7 Å². The first-order valence-electron chi connectivity index (χ1n) is 7.25. The minimum absolute atomic E-state index is 0.00937. The number of rotatable bonds is 4. The van der Waals surface area contributed by atoms with Gasteiger partial charge in [0.1, 0.15) is 0 Å². The van der Waals surface area contributed by atoms with Crippen LogP contribution >= 0.6 is 0 Å². The van der Waals surface area contributed by atoms with E-state index in [1.807, 2.05) is 6.07 Å². The largest absolute Gasteiger partial charge is 0.478 e. The topological polar surface area (TPSA) is 84.3 Å². The van der Waals surface area contributed by atoms with Crippen LogP contribution in [0.1, 0.15) is 15.9 Å². The molecule has 0 aliphatic carbocycles. The van der Waals surface area contributed by atoms with E-state index in [0.717, 1.165) is 6.26 Å². The van der Waals surface area contributed by atoms with Gasteiger partial charge in [-0.25, -0.2) is 18.2 Å². The molecule has 0 saturated carbocycles. The molecule has 1 heterocycles. The number of aromatic nitrogens is 1. The lowest BCUT2D eigenvalue weighted by molar-refractivity contribution is 0.0698. The van der Waals surface area contributed by atoms with Gasteiger partial charge in [-0.15, -0.1) is 0 Å². The predicted molar refractivity (Wildman–Crippen MR) is 92.7 cm³/mol. The second-order valence-electron chi connectivity index (χ2n) is 5.57. The van der Waals surface area contributed by atoms with Crippen LogP contribution in [-0.4, -0.2) is 30.7 Å². The molecule has 0 radical (unpaired) electrons. The fourth-order valence-electron chi connectivity index (χ4n) is 2.73. The normalized spacial score (nSPS) is 11.5. The highest BCUT2D eigenvalue weighted by Gasteiger charge is 2.23. The molecule has 6 heteroatoms. The summed E-state index contributed by atoms with van der Waals surface area (Å²) in [6.45, 7) is 0. The van der Waals surface area contributed by atoms with Crippen molar-refractivity contribution in [3.63, 3.8) is 0 Å². The summed E-state index contributed by atoms with van der Waals surface area (Å²) in [7, 11) is -3.44. The van der Waals surface area contributed by atoms with Crippen LogP contribution in [0.15, 0.2) is 54.6 Å². The Kier molecular flexibility index (Phi) is 4.07. The third-order valence-corrected chi connectivity index (χ3v) is 4.47. The lowest BCUT2D eigenvalue weighted by Gasteiger charge is -2.14. The highest BCUT2D eigenvalue weighted by molar-refractivity contribution is 7.89. The molecule has 0 saturated heterocycles. The summed E-state index contributed by atoms with van der Waals surface area (Å²) >= 11 is 0. The van der Waals surface area contributed by atoms with Crippen LogP contribution in [0, 0.1) is 0 Å². The Labute approximate surface area is 139 Å². The third kappa shape index (κ3) is 3.14. The van der Waals surface area contributed by atoms with Crippen LogP contribution in [0.25, 0.3) is 22.2 Å². The number of carbonyl (C=O) groups is 1. The molecule has 1 N–H and O–H groups in total. The second-order valence-corrected chi connectivity index (χ2v) is 7.71. The van der Waals surface area contributed by atoms with Crippen molar-refractivity contribution in [3.8, 4) is 11.3 Å². The van der Waals surface area contributed by atoms with Gasteiger partial charge in [-0.2, -0.15) is 0 Å². The van der Waals surface area contributed by atoms with Crippen LogP contribution in [0.5, 0.6) is 0 Å². The SMILES string of the molecule is CS(=O)(=O)Cc1c(-c2ccccc2)nc2ccccc2c1C(=O)O. The van der Waals surface area contributed by atoms with E-state index in [1.54, 1.807) is 48.5 Å². The fraction of sp³-hybridized carbons (Fsp3) is 0.111. The van der Waals surface area contributed by atoms with Crippen LogP contribution in [0.4, 0.5) is 0 Å². The van der Waals surface area contributed by atoms with Gasteiger partial charge in [0, 0.05) is 22.8 Å². The highest BCUT2D eigenvalue weighted by Crippen LogP contribution is 2.31. The van der Waals surface area contributed by atoms with Crippen LogP contribution in [-0.2, 0) is 15.6 Å². The Balaban J connectivity index is 2.45. The van der Waals surface area contributed by atoms with Gasteiger partial charge in [0.25, 0.3) is 0 Å². The first-order chi connectivity index (χ1) is 11.4. The van der Waals surface area contributed by atoms with E-state index < -0.39 is 15.8 Å². The number of hydrogen-bond acceptors (Lipinski definition) is 4. The Morgan fingerprint density at radius 3 is 2.29 bits per heavy atom. The van der Waals surface area contributed by atoms with Crippen LogP contribution in [0.3, 0.4) is 0 Å². The standard InChI is InChI=1S/C18H15NO4S/c1-24(22,23)11-14-16(18(20)21)13-9-5-6-10-15(13)19-17(14)12-7-3-2-4-8-12/h2-10H,11H2,1H3,(H,20,21). The van der Waals surface area contributed by atoms with Gasteiger partial charge in [-0.05, 0) is 6.07 Å². The smallest absolute Gasteiger partial charge is 0.336 e. The number of sulfone groups is 1. The molecule has 5 nitrogen and oxygen atoms in total. The first-order valence-corrected chi connectivity index (χ1v) is 9.31. The Bertz CT molecular complexity index is 1030. The average molecular weight is 341 g/mol. The molecule has 0 fully saturated rings. The summed E-state index contributed by atoms with van der Waals surface area (Å²) in [4.78, 5) is 16.4. The zero-order chi connectivity index (χ0) is 17.3. The van der Waals surface area contributed by atoms with Gasteiger partial charge in [0.2, 0.25) is 0 Å². The van der Waals surface area contributed by atoms with Crippen molar-refractivity contribution >= 4 is 26.7 Å². The van der Waals surface area contributed by atoms with E-state index in [4.69, 9.17) is 0 Å². The zero-order valence-electron chi connectivity index (χ0n) is 12.9. The molecule has 0 atom stereocenters. The molecule has 3 rings (SSSR count). The predicted octanol–water partition coefficient (Wildman–Crippen LogP) is 3.14. The number of para-hydroxylation sites is 1. The molecular weight excluding hydrogens is 326 g/mol. The maximum Gasteiger partial charge on any atom is 0.336 e. The van der Waals surface area contributed by atoms with E-state index >= 15 is 0 Å². The fourth-order valence-corrected chi connectivity index (χ4v) is 3.54. The number of fused-ring (bicyclic) bond motifs is 1. The Hall–Kier alpha value is -2.73.